The zero-order valence-electron chi connectivity index (χ0n) is 16.1. The molecule has 0 aliphatic carbocycles. The summed E-state index contributed by atoms with van der Waals surface area (Å²) in [6.07, 6.45) is 1.84. The molecule has 4 aromatic rings. The predicted molar refractivity (Wildman–Crippen MR) is 119 cm³/mol. The van der Waals surface area contributed by atoms with E-state index in [9.17, 15) is 0 Å². The number of ether oxygens (including phenoxy) is 1. The summed E-state index contributed by atoms with van der Waals surface area (Å²) in [5.41, 5.74) is 5.81. The molecule has 142 valence electrons. The molecule has 0 fully saturated rings. The lowest BCUT2D eigenvalue weighted by molar-refractivity contribution is 0.415. The molecule has 5 heteroatoms. The molecule has 0 atom stereocenters. The second-order valence-corrected chi connectivity index (χ2v) is 7.48. The Morgan fingerprint density at radius 1 is 1.21 bits per heavy atom. The number of hydrogen-bond donors (Lipinski definition) is 1. The van der Waals surface area contributed by atoms with Crippen LogP contribution in [0.1, 0.15) is 11.3 Å². The van der Waals surface area contributed by atoms with Gasteiger partial charge in [0.25, 0.3) is 0 Å². The first-order chi connectivity index (χ1) is 13.7. The molecule has 28 heavy (non-hydrogen) atoms. The number of nitrogens with zero attached hydrogens (tertiary/aromatic N) is 2. The van der Waals surface area contributed by atoms with Gasteiger partial charge < -0.3 is 14.6 Å². The van der Waals surface area contributed by atoms with Gasteiger partial charge in [0.15, 0.2) is 5.13 Å². The molecular weight excluding hydrogens is 366 g/mol. The van der Waals surface area contributed by atoms with Gasteiger partial charge in [-0.1, -0.05) is 36.4 Å². The van der Waals surface area contributed by atoms with Crippen molar-refractivity contribution in [1.29, 1.82) is 0 Å². The van der Waals surface area contributed by atoms with Gasteiger partial charge in [-0.3, -0.25) is 0 Å². The molecule has 2 heterocycles. The molecule has 0 saturated carbocycles. The van der Waals surface area contributed by atoms with Crippen LogP contribution in [-0.2, 0) is 6.54 Å². The number of benzene rings is 2. The van der Waals surface area contributed by atoms with Crippen molar-refractivity contribution in [3.63, 3.8) is 0 Å². The molecule has 0 spiro atoms. The molecule has 0 bridgehead atoms. The minimum absolute atomic E-state index is 0.704. The number of nitrogens with one attached hydrogen (secondary N) is 1. The van der Waals surface area contributed by atoms with Crippen molar-refractivity contribution in [1.82, 2.24) is 9.55 Å². The maximum Gasteiger partial charge on any atom is 0.183 e. The van der Waals surface area contributed by atoms with Crippen LogP contribution in [0.2, 0.25) is 0 Å². The number of anilines is 1. The second-order valence-electron chi connectivity index (χ2n) is 6.62. The Morgan fingerprint density at radius 3 is 2.79 bits per heavy atom. The molecule has 0 aliphatic heterocycles. The third-order valence-electron chi connectivity index (χ3n) is 4.87. The highest BCUT2D eigenvalue weighted by Gasteiger charge is 2.19. The molecule has 2 aromatic carbocycles. The van der Waals surface area contributed by atoms with E-state index in [1.807, 2.05) is 18.2 Å². The zero-order valence-corrected chi connectivity index (χ0v) is 16.9. The number of rotatable bonds is 7. The summed E-state index contributed by atoms with van der Waals surface area (Å²) < 4.78 is 7.85. The summed E-state index contributed by atoms with van der Waals surface area (Å²) in [6.45, 7) is 7.45. The highest BCUT2D eigenvalue weighted by molar-refractivity contribution is 7.14. The van der Waals surface area contributed by atoms with Crippen LogP contribution >= 0.6 is 11.3 Å². The fourth-order valence-corrected chi connectivity index (χ4v) is 4.22. The normalized spacial score (nSPS) is 10.9. The number of hydrogen-bond acceptors (Lipinski definition) is 4. The van der Waals surface area contributed by atoms with Gasteiger partial charge in [-0.05, 0) is 30.7 Å². The lowest BCUT2D eigenvalue weighted by atomic mass is 10.1. The first-order valence-corrected chi connectivity index (χ1v) is 10.1. The van der Waals surface area contributed by atoms with Crippen LogP contribution in [-0.4, -0.2) is 23.2 Å². The highest BCUT2D eigenvalue weighted by Crippen LogP contribution is 2.38. The van der Waals surface area contributed by atoms with Crippen molar-refractivity contribution < 1.29 is 4.74 Å². The van der Waals surface area contributed by atoms with Crippen LogP contribution in [0.25, 0.3) is 22.2 Å². The van der Waals surface area contributed by atoms with Gasteiger partial charge in [-0.2, -0.15) is 0 Å². The molecule has 0 unspecified atom stereocenters. The topological polar surface area (TPSA) is 39.1 Å². The molecular formula is C23H23N3OS. The third kappa shape index (κ3) is 3.41. The summed E-state index contributed by atoms with van der Waals surface area (Å²) in [7, 11) is 1.70. The van der Waals surface area contributed by atoms with Gasteiger partial charge in [-0.15, -0.1) is 17.9 Å². The molecule has 0 amide bonds. The SMILES string of the molecule is C=CCNc1nc(-c2c(C)n(Cc3ccccc3)c3ccc(OC)cc23)cs1. The third-order valence-corrected chi connectivity index (χ3v) is 5.67. The van der Waals surface area contributed by atoms with Gasteiger partial charge in [0.05, 0.1) is 12.8 Å². The molecule has 2 aromatic heterocycles. The molecule has 0 saturated heterocycles. The lowest BCUT2D eigenvalue weighted by Gasteiger charge is -2.09. The summed E-state index contributed by atoms with van der Waals surface area (Å²) >= 11 is 1.61. The largest absolute Gasteiger partial charge is 0.497 e. The summed E-state index contributed by atoms with van der Waals surface area (Å²) in [6, 6.07) is 16.8. The van der Waals surface area contributed by atoms with Crippen LogP contribution in [0.3, 0.4) is 0 Å². The molecule has 0 radical (unpaired) electrons. The van der Waals surface area contributed by atoms with Crippen molar-refractivity contribution in [2.45, 2.75) is 13.5 Å². The zero-order chi connectivity index (χ0) is 19.5. The van der Waals surface area contributed by atoms with Crippen LogP contribution in [0.15, 0.2) is 66.6 Å². The molecule has 4 nitrogen and oxygen atoms in total. The van der Waals surface area contributed by atoms with E-state index in [1.54, 1.807) is 18.4 Å². The first-order valence-electron chi connectivity index (χ1n) is 9.22. The number of thiazole rings is 1. The Bertz CT molecular complexity index is 1110. The monoisotopic (exact) mass is 389 g/mol. The van der Waals surface area contributed by atoms with E-state index in [4.69, 9.17) is 9.72 Å². The highest BCUT2D eigenvalue weighted by atomic mass is 32.1. The standard InChI is InChI=1S/C23H23N3OS/c1-4-12-24-23-25-20(15-28-23)22-16(2)26(14-17-8-6-5-7-9-17)21-11-10-18(27-3)13-19(21)22/h4-11,13,15H,1,12,14H2,2-3H3,(H,24,25). The van der Waals surface area contributed by atoms with Crippen LogP contribution in [0, 0.1) is 6.92 Å². The van der Waals surface area contributed by atoms with E-state index >= 15 is 0 Å². The minimum Gasteiger partial charge on any atom is -0.497 e. The van der Waals surface area contributed by atoms with Crippen LogP contribution in [0.4, 0.5) is 5.13 Å². The van der Waals surface area contributed by atoms with Gasteiger partial charge in [0.2, 0.25) is 0 Å². The Hall–Kier alpha value is -3.05. The summed E-state index contributed by atoms with van der Waals surface area (Å²) in [5, 5.41) is 7.45. The number of fused-ring (bicyclic) bond motifs is 1. The second kappa shape index (κ2) is 7.90. The number of aromatic nitrogens is 2. The summed E-state index contributed by atoms with van der Waals surface area (Å²) in [4.78, 5) is 4.81. The van der Waals surface area contributed by atoms with Crippen molar-refractivity contribution in [3.8, 4) is 17.0 Å². The molecule has 0 aliphatic rings. The lowest BCUT2D eigenvalue weighted by Crippen LogP contribution is -2.01. The predicted octanol–water partition coefficient (Wildman–Crippen LogP) is 5.73. The van der Waals surface area contributed by atoms with E-state index in [0.29, 0.717) is 6.54 Å². The van der Waals surface area contributed by atoms with E-state index < -0.39 is 0 Å². The van der Waals surface area contributed by atoms with Crippen LogP contribution < -0.4 is 10.1 Å². The quantitative estimate of drug-likeness (QED) is 0.410. The summed E-state index contributed by atoms with van der Waals surface area (Å²) in [5.74, 6) is 0.853. The number of methoxy groups -OCH3 is 1. The fraction of sp³-hybridized carbons (Fsp3) is 0.174. The Kier molecular flexibility index (Phi) is 5.17. The van der Waals surface area contributed by atoms with Crippen molar-refractivity contribution >= 4 is 27.4 Å². The van der Waals surface area contributed by atoms with Crippen molar-refractivity contribution in [2.24, 2.45) is 0 Å². The average Bonchev–Trinajstić information content (AvgIpc) is 3.29. The van der Waals surface area contributed by atoms with E-state index in [2.05, 4.69) is 65.2 Å². The fourth-order valence-electron chi connectivity index (χ4n) is 3.51. The Balaban J connectivity index is 1.86. The van der Waals surface area contributed by atoms with E-state index in [0.717, 1.165) is 34.1 Å². The first kappa shape index (κ1) is 18.3. The Morgan fingerprint density at radius 2 is 2.04 bits per heavy atom. The van der Waals surface area contributed by atoms with E-state index in [1.165, 1.54) is 16.8 Å². The smallest absolute Gasteiger partial charge is 0.183 e. The molecule has 4 rings (SSSR count). The maximum atomic E-state index is 5.49. The van der Waals surface area contributed by atoms with Gasteiger partial charge in [0, 0.05) is 40.6 Å². The van der Waals surface area contributed by atoms with Gasteiger partial charge >= 0.3 is 0 Å². The van der Waals surface area contributed by atoms with Gasteiger partial charge in [0.1, 0.15) is 5.75 Å². The Labute approximate surface area is 169 Å². The van der Waals surface area contributed by atoms with Gasteiger partial charge in [-0.25, -0.2) is 4.98 Å². The van der Waals surface area contributed by atoms with Crippen LogP contribution in [0.5, 0.6) is 5.75 Å². The minimum atomic E-state index is 0.704. The average molecular weight is 390 g/mol. The molecule has 1 N–H and O–H groups in total. The van der Waals surface area contributed by atoms with E-state index in [-0.39, 0.29) is 0 Å². The van der Waals surface area contributed by atoms with Crippen molar-refractivity contribution in [2.75, 3.05) is 19.0 Å². The van der Waals surface area contributed by atoms with Crippen molar-refractivity contribution in [3.05, 3.63) is 77.8 Å². The maximum absolute atomic E-state index is 5.49.